The summed E-state index contributed by atoms with van der Waals surface area (Å²) >= 11 is 0. The molecule has 2 N–H and O–H groups in total. The van der Waals surface area contributed by atoms with Crippen molar-refractivity contribution < 1.29 is 8.42 Å². The van der Waals surface area contributed by atoms with Crippen LogP contribution in [0, 0.1) is 0 Å². The predicted molar refractivity (Wildman–Crippen MR) is 70.4 cm³/mol. The average Bonchev–Trinajstić information content (AvgIpc) is 2.66. The standard InChI is InChI=1S/C10H21N3O2S.ClH/c1-9-4-2-3-6-13(9)16(14,15)12-7-5-10(11)8-12;/h9-10H,2-8,11H2,1H3;1H. The molecule has 2 heterocycles. The molecule has 0 aromatic carbocycles. The van der Waals surface area contributed by atoms with Crippen LogP contribution >= 0.6 is 12.4 Å². The van der Waals surface area contributed by atoms with Crippen molar-refractivity contribution in [1.29, 1.82) is 0 Å². The molecule has 0 radical (unpaired) electrons. The molecular formula is C10H22ClN3O2S. The Labute approximate surface area is 110 Å². The molecule has 2 unspecified atom stereocenters. The minimum Gasteiger partial charge on any atom is -0.326 e. The molecule has 0 spiro atoms. The van der Waals surface area contributed by atoms with Crippen LogP contribution in [0.5, 0.6) is 0 Å². The van der Waals surface area contributed by atoms with Crippen LogP contribution in [0.4, 0.5) is 0 Å². The van der Waals surface area contributed by atoms with Gasteiger partial charge in [-0.15, -0.1) is 12.4 Å². The zero-order valence-corrected chi connectivity index (χ0v) is 11.8. The molecule has 2 saturated heterocycles. The molecule has 0 aromatic heterocycles. The lowest BCUT2D eigenvalue weighted by Gasteiger charge is -2.35. The highest BCUT2D eigenvalue weighted by atomic mass is 35.5. The first-order valence-electron chi connectivity index (χ1n) is 6.04. The maximum absolute atomic E-state index is 12.3. The first-order chi connectivity index (χ1) is 7.51. The van der Waals surface area contributed by atoms with Gasteiger partial charge in [-0.05, 0) is 26.2 Å². The fourth-order valence-corrected chi connectivity index (χ4v) is 4.46. The van der Waals surface area contributed by atoms with Gasteiger partial charge in [0.15, 0.2) is 0 Å². The second kappa shape index (κ2) is 5.84. The molecule has 0 amide bonds. The summed E-state index contributed by atoms with van der Waals surface area (Å²) < 4.78 is 27.9. The molecular weight excluding hydrogens is 262 g/mol. The van der Waals surface area contributed by atoms with Crippen molar-refractivity contribution in [2.24, 2.45) is 5.73 Å². The van der Waals surface area contributed by atoms with E-state index in [1.807, 2.05) is 6.92 Å². The van der Waals surface area contributed by atoms with Gasteiger partial charge >= 0.3 is 0 Å². The van der Waals surface area contributed by atoms with Crippen LogP contribution in [0.1, 0.15) is 32.6 Å². The summed E-state index contributed by atoms with van der Waals surface area (Å²) in [6, 6.07) is 0.144. The normalized spacial score (nSPS) is 32.4. The van der Waals surface area contributed by atoms with Crippen LogP contribution in [0.15, 0.2) is 0 Å². The first kappa shape index (κ1) is 15.2. The van der Waals surface area contributed by atoms with Crippen LogP contribution in [0.2, 0.25) is 0 Å². The lowest BCUT2D eigenvalue weighted by atomic mass is 10.1. The summed E-state index contributed by atoms with van der Waals surface area (Å²) in [6.07, 6.45) is 3.86. The minimum atomic E-state index is -3.26. The van der Waals surface area contributed by atoms with Crippen molar-refractivity contribution in [1.82, 2.24) is 8.61 Å². The smallest absolute Gasteiger partial charge is 0.282 e. The van der Waals surface area contributed by atoms with Gasteiger partial charge in [-0.25, -0.2) is 0 Å². The zero-order chi connectivity index (χ0) is 11.8. The van der Waals surface area contributed by atoms with Crippen molar-refractivity contribution in [3.05, 3.63) is 0 Å². The fourth-order valence-electron chi connectivity index (χ4n) is 2.53. The van der Waals surface area contributed by atoms with E-state index in [0.29, 0.717) is 19.6 Å². The second-order valence-corrected chi connectivity index (χ2v) is 6.75. The van der Waals surface area contributed by atoms with Gasteiger partial charge in [0.05, 0.1) is 0 Å². The zero-order valence-electron chi connectivity index (χ0n) is 10.2. The Bertz CT molecular complexity index is 349. The molecule has 2 aliphatic rings. The summed E-state index contributed by atoms with van der Waals surface area (Å²) in [5.41, 5.74) is 5.76. The monoisotopic (exact) mass is 283 g/mol. The Hall–Kier alpha value is 0.120. The van der Waals surface area contributed by atoms with Crippen molar-refractivity contribution in [3.8, 4) is 0 Å². The van der Waals surface area contributed by atoms with Gasteiger partial charge in [0.25, 0.3) is 10.2 Å². The van der Waals surface area contributed by atoms with Crippen molar-refractivity contribution >= 4 is 22.6 Å². The summed E-state index contributed by atoms with van der Waals surface area (Å²) in [5.74, 6) is 0. The van der Waals surface area contributed by atoms with E-state index in [2.05, 4.69) is 0 Å². The quantitative estimate of drug-likeness (QED) is 0.805. The Balaban J connectivity index is 0.00000144. The molecule has 7 heteroatoms. The van der Waals surface area contributed by atoms with E-state index in [4.69, 9.17) is 5.73 Å². The van der Waals surface area contributed by atoms with E-state index in [1.54, 1.807) is 8.61 Å². The number of rotatable bonds is 2. The van der Waals surface area contributed by atoms with Crippen LogP contribution in [0.25, 0.3) is 0 Å². The fraction of sp³-hybridized carbons (Fsp3) is 1.00. The van der Waals surface area contributed by atoms with E-state index in [9.17, 15) is 8.42 Å². The molecule has 0 saturated carbocycles. The van der Waals surface area contributed by atoms with Crippen LogP contribution in [-0.2, 0) is 10.2 Å². The number of hydrogen-bond donors (Lipinski definition) is 1. The predicted octanol–water partition coefficient (Wildman–Crippen LogP) is 0.560. The largest absolute Gasteiger partial charge is 0.326 e. The molecule has 17 heavy (non-hydrogen) atoms. The van der Waals surface area contributed by atoms with E-state index in [0.717, 1.165) is 25.7 Å². The molecule has 2 fully saturated rings. The van der Waals surface area contributed by atoms with Crippen molar-refractivity contribution in [3.63, 3.8) is 0 Å². The topological polar surface area (TPSA) is 66.6 Å². The SMILES string of the molecule is CC1CCCCN1S(=O)(=O)N1CCC(N)C1.Cl. The molecule has 0 bridgehead atoms. The van der Waals surface area contributed by atoms with Crippen LogP contribution in [-0.4, -0.2) is 48.7 Å². The minimum absolute atomic E-state index is 0. The highest BCUT2D eigenvalue weighted by Gasteiger charge is 2.37. The molecule has 2 aliphatic heterocycles. The number of hydrogen-bond acceptors (Lipinski definition) is 3. The third-order valence-corrected chi connectivity index (χ3v) is 5.67. The number of piperidine rings is 1. The Morgan fingerprint density at radius 1 is 1.18 bits per heavy atom. The van der Waals surface area contributed by atoms with Gasteiger partial charge in [0.1, 0.15) is 0 Å². The molecule has 2 rings (SSSR count). The Kier molecular flexibility index (Phi) is 5.21. The highest BCUT2D eigenvalue weighted by Crippen LogP contribution is 2.24. The van der Waals surface area contributed by atoms with E-state index < -0.39 is 10.2 Å². The second-order valence-electron chi connectivity index (χ2n) is 4.87. The van der Waals surface area contributed by atoms with Gasteiger partial charge in [-0.3, -0.25) is 0 Å². The van der Waals surface area contributed by atoms with Gasteiger partial charge in [0, 0.05) is 31.7 Å². The lowest BCUT2D eigenvalue weighted by molar-refractivity contribution is 0.250. The first-order valence-corrected chi connectivity index (χ1v) is 7.44. The molecule has 5 nitrogen and oxygen atoms in total. The molecule has 102 valence electrons. The van der Waals surface area contributed by atoms with Crippen LogP contribution < -0.4 is 5.73 Å². The van der Waals surface area contributed by atoms with Gasteiger partial charge in [-0.2, -0.15) is 17.0 Å². The maximum Gasteiger partial charge on any atom is 0.282 e. The summed E-state index contributed by atoms with van der Waals surface area (Å²) in [6.45, 7) is 3.71. The lowest BCUT2D eigenvalue weighted by Crippen LogP contribution is -2.49. The van der Waals surface area contributed by atoms with E-state index >= 15 is 0 Å². The average molecular weight is 284 g/mol. The maximum atomic E-state index is 12.3. The van der Waals surface area contributed by atoms with E-state index in [1.165, 1.54) is 0 Å². The van der Waals surface area contributed by atoms with Gasteiger partial charge in [-0.1, -0.05) is 6.42 Å². The van der Waals surface area contributed by atoms with Crippen molar-refractivity contribution in [2.75, 3.05) is 19.6 Å². The van der Waals surface area contributed by atoms with E-state index in [-0.39, 0.29) is 24.5 Å². The molecule has 0 aromatic rings. The van der Waals surface area contributed by atoms with Gasteiger partial charge < -0.3 is 5.73 Å². The Morgan fingerprint density at radius 3 is 2.41 bits per heavy atom. The third-order valence-electron chi connectivity index (χ3n) is 3.55. The molecule has 0 aliphatic carbocycles. The van der Waals surface area contributed by atoms with Gasteiger partial charge in [0.2, 0.25) is 0 Å². The van der Waals surface area contributed by atoms with Crippen molar-refractivity contribution in [2.45, 2.75) is 44.7 Å². The summed E-state index contributed by atoms with van der Waals surface area (Å²) in [4.78, 5) is 0. The molecule has 2 atom stereocenters. The number of nitrogens with zero attached hydrogens (tertiary/aromatic N) is 2. The third kappa shape index (κ3) is 3.12. The summed E-state index contributed by atoms with van der Waals surface area (Å²) in [7, 11) is -3.26. The Morgan fingerprint density at radius 2 is 1.88 bits per heavy atom. The van der Waals surface area contributed by atoms with Crippen LogP contribution in [0.3, 0.4) is 0 Å². The highest BCUT2D eigenvalue weighted by molar-refractivity contribution is 7.86. The number of halogens is 1. The summed E-state index contributed by atoms with van der Waals surface area (Å²) in [5, 5.41) is 0. The number of nitrogens with two attached hydrogens (primary N) is 1.